The molecule has 1 saturated heterocycles. The van der Waals surface area contributed by atoms with Gasteiger partial charge in [-0.2, -0.15) is 5.06 Å². The van der Waals surface area contributed by atoms with Crippen molar-refractivity contribution in [3.8, 4) is 16.9 Å². The second-order valence-corrected chi connectivity index (χ2v) is 11.1. The van der Waals surface area contributed by atoms with Gasteiger partial charge in [-0.3, -0.25) is 14.8 Å². The van der Waals surface area contributed by atoms with E-state index in [0.29, 0.717) is 13.2 Å². The number of nitrogens with zero attached hydrogens (tertiary/aromatic N) is 1. The Morgan fingerprint density at radius 3 is 2.28 bits per heavy atom. The highest BCUT2D eigenvalue weighted by molar-refractivity contribution is 5.80. The lowest BCUT2D eigenvalue weighted by Crippen LogP contribution is -3.20. The predicted molar refractivity (Wildman–Crippen MR) is 171 cm³/mol. The Labute approximate surface area is 270 Å². The molecule has 3 aromatic rings. The topological polar surface area (TPSA) is 140 Å². The molecule has 3 aromatic carbocycles. The monoisotopic (exact) mass is 637 g/mol. The van der Waals surface area contributed by atoms with E-state index in [-0.39, 0.29) is 32.7 Å². The lowest BCUT2D eigenvalue weighted by molar-refractivity contribution is -0.947. The lowest BCUT2D eigenvalue weighted by atomic mass is 10.0. The molecule has 0 unspecified atom stereocenters. The van der Waals surface area contributed by atoms with Gasteiger partial charge in [-0.15, -0.1) is 0 Å². The first kappa shape index (κ1) is 34.8. The van der Waals surface area contributed by atoms with Gasteiger partial charge in [0.2, 0.25) is 0 Å². The van der Waals surface area contributed by atoms with Crippen LogP contribution in [0.2, 0.25) is 0 Å². The minimum atomic E-state index is -0.908. The van der Waals surface area contributed by atoms with Crippen LogP contribution in [0.4, 0.5) is 4.79 Å². The van der Waals surface area contributed by atoms with Gasteiger partial charge in [0.1, 0.15) is 51.1 Å². The van der Waals surface area contributed by atoms with Crippen molar-refractivity contribution in [2.75, 3.05) is 66.2 Å². The van der Waals surface area contributed by atoms with E-state index in [9.17, 15) is 14.8 Å². The number of benzene rings is 3. The van der Waals surface area contributed by atoms with Crippen LogP contribution in [0.3, 0.4) is 0 Å². The fourth-order valence-corrected chi connectivity index (χ4v) is 5.24. The molecule has 0 bridgehead atoms. The van der Waals surface area contributed by atoms with Gasteiger partial charge in [0.05, 0.1) is 26.9 Å². The van der Waals surface area contributed by atoms with Crippen molar-refractivity contribution in [2.45, 2.75) is 25.6 Å². The van der Waals surface area contributed by atoms with E-state index in [1.54, 1.807) is 12.6 Å². The first-order valence-electron chi connectivity index (χ1n) is 15.8. The first-order valence-corrected chi connectivity index (χ1v) is 15.8. The molecular formula is C34H47N5O7+2. The van der Waals surface area contributed by atoms with Crippen molar-refractivity contribution in [2.24, 2.45) is 0 Å². The van der Waals surface area contributed by atoms with Gasteiger partial charge in [0.25, 0.3) is 5.91 Å². The van der Waals surface area contributed by atoms with Gasteiger partial charge in [-0.25, -0.2) is 10.3 Å². The standard InChI is InChI=1S/C34H45N5O7/c1-43-31-13-11-30(12-14-31)29-9-7-27(8-10-29)25-39(46-24-23-44-22-21-38-19-17-35-18-20-38)32(33(40)37-42)15-16-36-34(41)45-26-28-5-3-2-4-6-28/h2-14,32,35,42H,15-26H2,1H3,(H,36,41)(H,37,40)/p+2/t32-/m1/s1. The number of carbonyl (C=O) groups excluding carboxylic acids is 2. The van der Waals surface area contributed by atoms with Crippen LogP contribution in [0, 0.1) is 0 Å². The van der Waals surface area contributed by atoms with E-state index in [1.807, 2.05) is 78.9 Å². The van der Waals surface area contributed by atoms with Crippen molar-refractivity contribution in [3.05, 3.63) is 90.0 Å². The maximum atomic E-state index is 12.9. The van der Waals surface area contributed by atoms with Crippen LogP contribution in [-0.2, 0) is 32.3 Å². The zero-order chi connectivity index (χ0) is 32.4. The van der Waals surface area contributed by atoms with Gasteiger partial charge in [0, 0.05) is 13.1 Å². The second-order valence-electron chi connectivity index (χ2n) is 11.1. The predicted octanol–water partition coefficient (Wildman–Crippen LogP) is 0.765. The Morgan fingerprint density at radius 1 is 0.913 bits per heavy atom. The highest BCUT2D eigenvalue weighted by atomic mass is 16.7. The largest absolute Gasteiger partial charge is 0.497 e. The SMILES string of the molecule is COc1ccc(-c2ccc(CN(OCCOCC[NH+]3CC[NH2+]CC3)[C@H](CCNC(=O)OCc3ccccc3)C(=O)NO)cc2)cc1. The third kappa shape index (κ3) is 11.7. The zero-order valence-corrected chi connectivity index (χ0v) is 26.5. The number of alkyl carbamates (subject to hydrolysis) is 1. The smallest absolute Gasteiger partial charge is 0.407 e. The van der Waals surface area contributed by atoms with Crippen LogP contribution >= 0.6 is 0 Å². The Balaban J connectivity index is 1.35. The van der Waals surface area contributed by atoms with Crippen LogP contribution in [0.1, 0.15) is 17.5 Å². The molecule has 1 heterocycles. The third-order valence-electron chi connectivity index (χ3n) is 7.86. The molecular weight excluding hydrogens is 590 g/mol. The Hall–Kier alpha value is -4.04. The average Bonchev–Trinajstić information content (AvgIpc) is 3.11. The zero-order valence-electron chi connectivity index (χ0n) is 26.5. The summed E-state index contributed by atoms with van der Waals surface area (Å²) in [7, 11) is 1.64. The molecule has 1 fully saturated rings. The van der Waals surface area contributed by atoms with Crippen molar-refractivity contribution in [1.82, 2.24) is 15.9 Å². The number of nitrogens with one attached hydrogen (secondary N) is 3. The number of hydroxylamine groups is 3. The summed E-state index contributed by atoms with van der Waals surface area (Å²) in [5, 5.41) is 16.1. The summed E-state index contributed by atoms with van der Waals surface area (Å²) >= 11 is 0. The van der Waals surface area contributed by atoms with Crippen molar-refractivity contribution < 1.29 is 44.1 Å². The van der Waals surface area contributed by atoms with Gasteiger partial charge < -0.3 is 29.7 Å². The summed E-state index contributed by atoms with van der Waals surface area (Å²) in [6.07, 6.45) is -0.442. The van der Waals surface area contributed by atoms with E-state index in [0.717, 1.165) is 60.7 Å². The van der Waals surface area contributed by atoms with E-state index in [2.05, 4.69) is 10.6 Å². The molecule has 0 radical (unpaired) electrons. The average molecular weight is 638 g/mol. The Morgan fingerprint density at radius 2 is 1.61 bits per heavy atom. The number of quaternary nitrogens is 2. The van der Waals surface area contributed by atoms with Crippen LogP contribution in [0.25, 0.3) is 11.1 Å². The number of carbonyl (C=O) groups is 2. The van der Waals surface area contributed by atoms with Crippen LogP contribution < -0.4 is 25.8 Å². The molecule has 1 aliphatic heterocycles. The highest BCUT2D eigenvalue weighted by Gasteiger charge is 2.27. The number of nitrogens with two attached hydrogens (primary N) is 1. The molecule has 0 aromatic heterocycles. The summed E-state index contributed by atoms with van der Waals surface area (Å²) in [6, 6.07) is 24.2. The molecule has 4 rings (SSSR count). The number of hydrogen-bond acceptors (Lipinski definition) is 8. The Kier molecular flexibility index (Phi) is 14.7. The fourth-order valence-electron chi connectivity index (χ4n) is 5.24. The molecule has 0 aliphatic carbocycles. The summed E-state index contributed by atoms with van der Waals surface area (Å²) < 4.78 is 16.4. The van der Waals surface area contributed by atoms with Crippen molar-refractivity contribution in [3.63, 3.8) is 0 Å². The first-order chi connectivity index (χ1) is 22.6. The lowest BCUT2D eigenvalue weighted by Gasteiger charge is -2.29. The molecule has 46 heavy (non-hydrogen) atoms. The minimum absolute atomic E-state index is 0.120. The number of amides is 2. The van der Waals surface area contributed by atoms with Crippen LogP contribution in [0.5, 0.6) is 5.75 Å². The summed E-state index contributed by atoms with van der Waals surface area (Å²) in [5.41, 5.74) is 5.59. The molecule has 12 heteroatoms. The number of methoxy groups -OCH3 is 1. The molecule has 1 atom stereocenters. The van der Waals surface area contributed by atoms with E-state index >= 15 is 0 Å². The fraction of sp³-hybridized carbons (Fsp3) is 0.412. The van der Waals surface area contributed by atoms with Gasteiger partial charge in [-0.05, 0) is 40.8 Å². The number of piperazine rings is 1. The van der Waals surface area contributed by atoms with E-state index < -0.39 is 18.0 Å². The van der Waals surface area contributed by atoms with E-state index in [4.69, 9.17) is 19.0 Å². The molecule has 248 valence electrons. The maximum Gasteiger partial charge on any atom is 0.407 e. The van der Waals surface area contributed by atoms with Crippen LogP contribution in [-0.4, -0.2) is 94.5 Å². The molecule has 2 amide bonds. The number of rotatable bonds is 18. The molecule has 0 spiro atoms. The van der Waals surface area contributed by atoms with Gasteiger partial charge >= 0.3 is 6.09 Å². The van der Waals surface area contributed by atoms with E-state index in [1.165, 1.54) is 9.96 Å². The summed E-state index contributed by atoms with van der Waals surface area (Å²) in [5.74, 6) is 0.136. The molecule has 6 N–H and O–H groups in total. The van der Waals surface area contributed by atoms with Crippen LogP contribution in [0.15, 0.2) is 78.9 Å². The molecule has 12 nitrogen and oxygen atoms in total. The van der Waals surface area contributed by atoms with Gasteiger partial charge in [-0.1, -0.05) is 66.7 Å². The highest BCUT2D eigenvalue weighted by Crippen LogP contribution is 2.23. The Bertz CT molecular complexity index is 1310. The molecule has 1 aliphatic rings. The van der Waals surface area contributed by atoms with Crippen molar-refractivity contribution >= 4 is 12.0 Å². The van der Waals surface area contributed by atoms with Crippen molar-refractivity contribution in [1.29, 1.82) is 0 Å². The number of hydrogen-bond donors (Lipinski definition) is 5. The maximum absolute atomic E-state index is 12.9. The second kappa shape index (κ2) is 19.5. The quantitative estimate of drug-likeness (QED) is 0.0784. The number of ether oxygens (including phenoxy) is 3. The summed E-state index contributed by atoms with van der Waals surface area (Å²) in [4.78, 5) is 32.8. The minimum Gasteiger partial charge on any atom is -0.497 e. The molecule has 0 saturated carbocycles. The van der Waals surface area contributed by atoms with Gasteiger partial charge in [0.15, 0.2) is 0 Å². The normalized spacial score (nSPS) is 14.1. The summed E-state index contributed by atoms with van der Waals surface area (Å²) in [6.45, 7) is 7.20. The third-order valence-corrected chi connectivity index (χ3v) is 7.86.